The Morgan fingerprint density at radius 1 is 1.36 bits per heavy atom. The molecule has 0 spiro atoms. The van der Waals surface area contributed by atoms with Crippen molar-refractivity contribution in [3.63, 3.8) is 0 Å². The van der Waals surface area contributed by atoms with Crippen LogP contribution in [0.3, 0.4) is 0 Å². The maximum Gasteiger partial charge on any atom is 0.164 e. The quantitative estimate of drug-likeness (QED) is 0.595. The Bertz CT molecular complexity index is 295. The van der Waals surface area contributed by atoms with Crippen molar-refractivity contribution in [3.8, 4) is 0 Å². The van der Waals surface area contributed by atoms with E-state index in [1.54, 1.807) is 11.8 Å². The monoisotopic (exact) mass is 209 g/mol. The molecule has 3 heteroatoms. The number of hydrogen-bond acceptors (Lipinski definition) is 3. The standard InChI is InChI=1S/C11H15NOS/c1-12-8-7-11(13)9-3-5-10(14-2)6-4-9/h3-6,12H,7-8H2,1-2H3. The van der Waals surface area contributed by atoms with Crippen LogP contribution >= 0.6 is 11.8 Å². The fourth-order valence-corrected chi connectivity index (χ4v) is 1.57. The summed E-state index contributed by atoms with van der Waals surface area (Å²) in [5.41, 5.74) is 0.804. The Hall–Kier alpha value is -0.800. The minimum atomic E-state index is 0.201. The molecule has 1 aromatic rings. The molecular weight excluding hydrogens is 194 g/mol. The third kappa shape index (κ3) is 3.16. The average Bonchev–Trinajstić information content (AvgIpc) is 2.26. The SMILES string of the molecule is CNCCC(=O)c1ccc(SC)cc1. The molecule has 0 bridgehead atoms. The molecule has 0 saturated heterocycles. The maximum atomic E-state index is 11.6. The second kappa shape index (κ2) is 5.83. The number of benzene rings is 1. The molecule has 1 N–H and O–H groups in total. The van der Waals surface area contributed by atoms with Gasteiger partial charge in [-0.1, -0.05) is 12.1 Å². The number of rotatable bonds is 5. The largest absolute Gasteiger partial charge is 0.319 e. The lowest BCUT2D eigenvalue weighted by atomic mass is 10.1. The predicted octanol–water partition coefficient (Wildman–Crippen LogP) is 2.20. The van der Waals surface area contributed by atoms with Gasteiger partial charge in [-0.15, -0.1) is 11.8 Å². The summed E-state index contributed by atoms with van der Waals surface area (Å²) in [6, 6.07) is 7.75. The minimum absolute atomic E-state index is 0.201. The van der Waals surface area contributed by atoms with Crippen LogP contribution in [0.25, 0.3) is 0 Å². The molecule has 0 radical (unpaired) electrons. The van der Waals surface area contributed by atoms with E-state index in [9.17, 15) is 4.79 Å². The van der Waals surface area contributed by atoms with Gasteiger partial charge in [0, 0.05) is 23.4 Å². The van der Waals surface area contributed by atoms with E-state index < -0.39 is 0 Å². The van der Waals surface area contributed by atoms with Crippen LogP contribution in [0.5, 0.6) is 0 Å². The topological polar surface area (TPSA) is 29.1 Å². The molecule has 0 aliphatic rings. The normalized spacial score (nSPS) is 10.1. The Morgan fingerprint density at radius 2 is 2.00 bits per heavy atom. The highest BCUT2D eigenvalue weighted by molar-refractivity contribution is 7.98. The molecule has 0 amide bonds. The molecule has 0 unspecified atom stereocenters. The number of nitrogens with one attached hydrogen (secondary N) is 1. The first-order valence-electron chi connectivity index (χ1n) is 4.59. The van der Waals surface area contributed by atoms with Crippen LogP contribution in [-0.4, -0.2) is 25.6 Å². The van der Waals surface area contributed by atoms with Gasteiger partial charge in [-0.2, -0.15) is 0 Å². The van der Waals surface area contributed by atoms with E-state index in [2.05, 4.69) is 5.32 Å². The molecule has 0 fully saturated rings. The summed E-state index contributed by atoms with van der Waals surface area (Å²) < 4.78 is 0. The molecule has 14 heavy (non-hydrogen) atoms. The van der Waals surface area contributed by atoms with Crippen molar-refractivity contribution in [3.05, 3.63) is 29.8 Å². The molecule has 1 rings (SSSR count). The van der Waals surface area contributed by atoms with Crippen molar-refractivity contribution in [1.29, 1.82) is 0 Å². The molecule has 0 heterocycles. The molecule has 0 aliphatic heterocycles. The van der Waals surface area contributed by atoms with E-state index in [-0.39, 0.29) is 5.78 Å². The van der Waals surface area contributed by atoms with Gasteiger partial charge in [0.25, 0.3) is 0 Å². The van der Waals surface area contributed by atoms with Crippen molar-refractivity contribution in [2.24, 2.45) is 0 Å². The van der Waals surface area contributed by atoms with E-state index in [4.69, 9.17) is 0 Å². The predicted molar refractivity (Wildman–Crippen MR) is 61.1 cm³/mol. The number of ketones is 1. The van der Waals surface area contributed by atoms with Gasteiger partial charge in [-0.25, -0.2) is 0 Å². The lowest BCUT2D eigenvalue weighted by molar-refractivity contribution is 0.0983. The fourth-order valence-electron chi connectivity index (χ4n) is 1.16. The van der Waals surface area contributed by atoms with E-state index in [0.29, 0.717) is 6.42 Å². The number of carbonyl (C=O) groups is 1. The lowest BCUT2D eigenvalue weighted by Crippen LogP contribution is -2.12. The highest BCUT2D eigenvalue weighted by Gasteiger charge is 2.03. The van der Waals surface area contributed by atoms with Crippen molar-refractivity contribution in [1.82, 2.24) is 5.32 Å². The Labute approximate surface area is 89.1 Å². The minimum Gasteiger partial charge on any atom is -0.319 e. The molecular formula is C11H15NOS. The first-order valence-corrected chi connectivity index (χ1v) is 5.82. The number of thioether (sulfide) groups is 1. The number of hydrogen-bond donors (Lipinski definition) is 1. The second-order valence-electron chi connectivity index (χ2n) is 3.01. The summed E-state index contributed by atoms with van der Waals surface area (Å²) in [6.45, 7) is 0.739. The summed E-state index contributed by atoms with van der Waals surface area (Å²) in [7, 11) is 1.85. The van der Waals surface area contributed by atoms with E-state index in [0.717, 1.165) is 12.1 Å². The Balaban J connectivity index is 2.62. The lowest BCUT2D eigenvalue weighted by Gasteiger charge is -2.01. The van der Waals surface area contributed by atoms with Crippen molar-refractivity contribution >= 4 is 17.5 Å². The third-order valence-corrected chi connectivity index (χ3v) is 2.76. The molecule has 0 atom stereocenters. The molecule has 0 saturated carbocycles. The molecule has 0 aromatic heterocycles. The average molecular weight is 209 g/mol. The Kier molecular flexibility index (Phi) is 4.70. The third-order valence-electron chi connectivity index (χ3n) is 2.01. The van der Waals surface area contributed by atoms with Gasteiger partial charge in [0.2, 0.25) is 0 Å². The van der Waals surface area contributed by atoms with Crippen LogP contribution in [0.1, 0.15) is 16.8 Å². The van der Waals surface area contributed by atoms with Crippen molar-refractivity contribution in [2.75, 3.05) is 19.8 Å². The first kappa shape index (κ1) is 11.3. The highest BCUT2D eigenvalue weighted by atomic mass is 32.2. The summed E-state index contributed by atoms with van der Waals surface area (Å²) in [6.07, 6.45) is 2.59. The van der Waals surface area contributed by atoms with Gasteiger partial charge in [-0.3, -0.25) is 4.79 Å². The molecule has 1 aromatic carbocycles. The van der Waals surface area contributed by atoms with Crippen molar-refractivity contribution in [2.45, 2.75) is 11.3 Å². The summed E-state index contributed by atoms with van der Waals surface area (Å²) >= 11 is 1.68. The first-order chi connectivity index (χ1) is 6.77. The summed E-state index contributed by atoms with van der Waals surface area (Å²) in [5, 5.41) is 2.97. The van der Waals surface area contributed by atoms with Crippen LogP contribution < -0.4 is 5.32 Å². The smallest absolute Gasteiger partial charge is 0.164 e. The van der Waals surface area contributed by atoms with Gasteiger partial charge in [0.1, 0.15) is 0 Å². The van der Waals surface area contributed by atoms with Gasteiger partial charge >= 0.3 is 0 Å². The van der Waals surface area contributed by atoms with Crippen LogP contribution in [0.4, 0.5) is 0 Å². The van der Waals surface area contributed by atoms with Gasteiger partial charge < -0.3 is 5.32 Å². The van der Waals surface area contributed by atoms with E-state index >= 15 is 0 Å². The van der Waals surface area contributed by atoms with Gasteiger partial charge in [0.15, 0.2) is 5.78 Å². The number of Topliss-reactive ketones (excluding diaryl/α,β-unsaturated/α-hetero) is 1. The van der Waals surface area contributed by atoms with Crippen LogP contribution in [-0.2, 0) is 0 Å². The van der Waals surface area contributed by atoms with Gasteiger partial charge in [-0.05, 0) is 25.4 Å². The van der Waals surface area contributed by atoms with Crippen LogP contribution in [0, 0.1) is 0 Å². The summed E-state index contributed by atoms with van der Waals surface area (Å²) in [5.74, 6) is 0.201. The molecule has 76 valence electrons. The van der Waals surface area contributed by atoms with Gasteiger partial charge in [0.05, 0.1) is 0 Å². The van der Waals surface area contributed by atoms with Crippen LogP contribution in [0.2, 0.25) is 0 Å². The zero-order valence-corrected chi connectivity index (χ0v) is 9.36. The zero-order valence-electron chi connectivity index (χ0n) is 8.54. The molecule has 2 nitrogen and oxygen atoms in total. The van der Waals surface area contributed by atoms with Crippen molar-refractivity contribution < 1.29 is 4.79 Å². The Morgan fingerprint density at radius 3 is 2.50 bits per heavy atom. The highest BCUT2D eigenvalue weighted by Crippen LogP contribution is 2.15. The molecule has 0 aliphatic carbocycles. The van der Waals surface area contributed by atoms with E-state index in [1.807, 2.05) is 37.6 Å². The summed E-state index contributed by atoms with van der Waals surface area (Å²) in [4.78, 5) is 12.7. The van der Waals surface area contributed by atoms with E-state index in [1.165, 1.54) is 4.90 Å². The number of carbonyl (C=O) groups excluding carboxylic acids is 1. The zero-order chi connectivity index (χ0) is 10.4. The second-order valence-corrected chi connectivity index (χ2v) is 3.88. The fraction of sp³-hybridized carbons (Fsp3) is 0.364. The maximum absolute atomic E-state index is 11.6. The van der Waals surface area contributed by atoms with Crippen LogP contribution in [0.15, 0.2) is 29.2 Å².